The Bertz CT molecular complexity index is 1260. The van der Waals surface area contributed by atoms with E-state index in [1.165, 1.54) is 10.7 Å². The Labute approximate surface area is 170 Å². The Balaban J connectivity index is 1.31. The van der Waals surface area contributed by atoms with Crippen LogP contribution in [0.15, 0.2) is 22.9 Å². The van der Waals surface area contributed by atoms with E-state index in [1.807, 2.05) is 6.92 Å². The molecule has 6 N–H and O–H groups in total. The lowest BCUT2D eigenvalue weighted by Crippen LogP contribution is -2.30. The van der Waals surface area contributed by atoms with Crippen LogP contribution in [0.4, 0.5) is 16.0 Å². The first kappa shape index (κ1) is 19.6. The van der Waals surface area contributed by atoms with E-state index in [2.05, 4.69) is 31.3 Å². The van der Waals surface area contributed by atoms with Crippen molar-refractivity contribution in [1.29, 1.82) is 5.41 Å². The van der Waals surface area contributed by atoms with E-state index in [4.69, 9.17) is 15.7 Å². The first-order chi connectivity index (χ1) is 14.5. The van der Waals surface area contributed by atoms with E-state index in [0.29, 0.717) is 48.5 Å². The molecule has 4 aromatic rings. The monoisotopic (exact) mass is 414 g/mol. The number of nitrogens with one attached hydrogen (secondary N) is 4. The normalized spacial score (nSPS) is 11.4. The predicted molar refractivity (Wildman–Crippen MR) is 111 cm³/mol. The summed E-state index contributed by atoms with van der Waals surface area (Å²) in [5.41, 5.74) is 11.0. The molecule has 0 saturated carbocycles. The maximum absolute atomic E-state index is 14.1. The minimum absolute atomic E-state index is 0.191. The van der Waals surface area contributed by atoms with Crippen molar-refractivity contribution in [3.05, 3.63) is 35.3 Å². The molecule has 1 aromatic carbocycles. The molecule has 12 heteroatoms. The van der Waals surface area contributed by atoms with E-state index in [9.17, 15) is 4.39 Å². The molecule has 0 fully saturated rings. The average molecular weight is 414 g/mol. The topological polar surface area (TPSA) is 148 Å². The van der Waals surface area contributed by atoms with Crippen molar-refractivity contribution in [3.63, 3.8) is 0 Å². The predicted octanol–water partition coefficient (Wildman–Crippen LogP) is 0.758. The number of rotatable bonds is 8. The highest BCUT2D eigenvalue weighted by Crippen LogP contribution is 2.25. The summed E-state index contributed by atoms with van der Waals surface area (Å²) in [4.78, 5) is 4.32. The second-order valence-electron chi connectivity index (χ2n) is 6.76. The molecule has 158 valence electrons. The van der Waals surface area contributed by atoms with Crippen LogP contribution in [-0.4, -0.2) is 51.3 Å². The maximum Gasteiger partial charge on any atom is 0.223 e. The standard InChI is InChI=1S/C18H23FN10O/c1-10-11-7-14(13(19)8-15(11)30-27-10)24-4-3-23-5-6-28-17-12(9-25-28)16(20)29(22-2)18(21)26-17/h7-9,20,22-24H,3-6H2,1-2H3,(H2,21,26). The summed E-state index contributed by atoms with van der Waals surface area (Å²) < 4.78 is 22.3. The molecule has 0 aliphatic carbocycles. The molecule has 3 heterocycles. The molecule has 0 bridgehead atoms. The highest BCUT2D eigenvalue weighted by Gasteiger charge is 2.11. The number of anilines is 2. The molecule has 0 saturated heterocycles. The van der Waals surface area contributed by atoms with Gasteiger partial charge in [-0.2, -0.15) is 10.1 Å². The van der Waals surface area contributed by atoms with E-state index in [0.717, 1.165) is 11.1 Å². The van der Waals surface area contributed by atoms with Gasteiger partial charge in [-0.05, 0) is 13.0 Å². The van der Waals surface area contributed by atoms with Crippen LogP contribution in [-0.2, 0) is 6.54 Å². The van der Waals surface area contributed by atoms with Crippen LogP contribution in [0.2, 0.25) is 0 Å². The summed E-state index contributed by atoms with van der Waals surface area (Å²) in [7, 11) is 1.67. The van der Waals surface area contributed by atoms with Gasteiger partial charge in [-0.15, -0.1) is 0 Å². The Morgan fingerprint density at radius 3 is 2.87 bits per heavy atom. The number of aryl methyl sites for hydroxylation is 1. The van der Waals surface area contributed by atoms with Gasteiger partial charge < -0.3 is 26.3 Å². The first-order valence-electron chi connectivity index (χ1n) is 9.46. The molecule has 0 aliphatic heterocycles. The molecule has 0 radical (unpaired) electrons. The molecule has 4 rings (SSSR count). The Morgan fingerprint density at radius 1 is 1.23 bits per heavy atom. The van der Waals surface area contributed by atoms with E-state index in [-0.39, 0.29) is 17.3 Å². The van der Waals surface area contributed by atoms with Crippen LogP contribution in [0.1, 0.15) is 5.69 Å². The number of nitrogens with zero attached hydrogens (tertiary/aromatic N) is 5. The SMILES string of the molecule is CNn1c(N)nc2c(cnn2CCNCCNc2cc3c(C)noc3cc2F)c1=N. The van der Waals surface area contributed by atoms with E-state index in [1.54, 1.807) is 24.0 Å². The van der Waals surface area contributed by atoms with Gasteiger partial charge in [0.2, 0.25) is 5.95 Å². The van der Waals surface area contributed by atoms with E-state index < -0.39 is 0 Å². The number of benzene rings is 1. The van der Waals surface area contributed by atoms with Crippen molar-refractivity contribution in [2.45, 2.75) is 13.5 Å². The van der Waals surface area contributed by atoms with Crippen molar-refractivity contribution in [2.75, 3.05) is 43.2 Å². The lowest BCUT2D eigenvalue weighted by atomic mass is 10.2. The minimum atomic E-state index is -0.379. The largest absolute Gasteiger partial charge is 0.381 e. The summed E-state index contributed by atoms with van der Waals surface area (Å²) in [6, 6.07) is 3.04. The summed E-state index contributed by atoms with van der Waals surface area (Å²) in [6.45, 7) is 4.16. The highest BCUT2D eigenvalue weighted by atomic mass is 19.1. The zero-order chi connectivity index (χ0) is 21.3. The third-order valence-corrected chi connectivity index (χ3v) is 4.82. The van der Waals surface area contributed by atoms with E-state index >= 15 is 0 Å². The van der Waals surface area contributed by atoms with Gasteiger partial charge >= 0.3 is 0 Å². The van der Waals surface area contributed by atoms with Crippen molar-refractivity contribution in [1.82, 2.24) is 29.9 Å². The molecule has 0 atom stereocenters. The van der Waals surface area contributed by atoms with Crippen LogP contribution in [0.5, 0.6) is 0 Å². The fourth-order valence-corrected chi connectivity index (χ4v) is 3.26. The van der Waals surface area contributed by atoms with Gasteiger partial charge in [-0.25, -0.2) is 13.7 Å². The third kappa shape index (κ3) is 3.52. The van der Waals surface area contributed by atoms with Gasteiger partial charge in [-0.1, -0.05) is 5.16 Å². The molecule has 0 spiro atoms. The number of nitrogen functional groups attached to an aromatic ring is 1. The van der Waals surface area contributed by atoms with Crippen LogP contribution < -0.4 is 27.3 Å². The molecular weight excluding hydrogens is 391 g/mol. The second-order valence-corrected chi connectivity index (χ2v) is 6.76. The smallest absolute Gasteiger partial charge is 0.223 e. The summed E-state index contributed by atoms with van der Waals surface area (Å²) in [5, 5.41) is 24.1. The summed E-state index contributed by atoms with van der Waals surface area (Å²) in [5.74, 6) is -0.189. The van der Waals surface area contributed by atoms with Gasteiger partial charge in [0.1, 0.15) is 5.82 Å². The number of fused-ring (bicyclic) bond motifs is 2. The van der Waals surface area contributed by atoms with Crippen LogP contribution in [0.3, 0.4) is 0 Å². The van der Waals surface area contributed by atoms with Gasteiger partial charge in [0.05, 0.1) is 29.5 Å². The lowest BCUT2D eigenvalue weighted by Gasteiger charge is -2.11. The molecular formula is C18H23FN10O. The first-order valence-corrected chi connectivity index (χ1v) is 9.46. The summed E-state index contributed by atoms with van der Waals surface area (Å²) >= 11 is 0. The van der Waals surface area contributed by atoms with Crippen molar-refractivity contribution in [2.24, 2.45) is 0 Å². The van der Waals surface area contributed by atoms with Gasteiger partial charge in [0.15, 0.2) is 16.7 Å². The van der Waals surface area contributed by atoms with Crippen LogP contribution in [0, 0.1) is 18.2 Å². The summed E-state index contributed by atoms with van der Waals surface area (Å²) in [6.07, 6.45) is 1.60. The number of hydrogen-bond donors (Lipinski definition) is 5. The Hall–Kier alpha value is -3.67. The quantitative estimate of drug-likeness (QED) is 0.265. The zero-order valence-corrected chi connectivity index (χ0v) is 16.7. The fraction of sp³-hybridized carbons (Fsp3) is 0.333. The maximum atomic E-state index is 14.1. The number of halogens is 1. The van der Waals surface area contributed by atoms with Crippen molar-refractivity contribution in [3.8, 4) is 0 Å². The van der Waals surface area contributed by atoms with Crippen LogP contribution >= 0.6 is 0 Å². The molecule has 11 nitrogen and oxygen atoms in total. The lowest BCUT2D eigenvalue weighted by molar-refractivity contribution is 0.449. The molecule has 0 amide bonds. The van der Waals surface area contributed by atoms with Gasteiger partial charge in [0.25, 0.3) is 0 Å². The highest BCUT2D eigenvalue weighted by molar-refractivity contribution is 5.83. The average Bonchev–Trinajstić information content (AvgIpc) is 3.28. The minimum Gasteiger partial charge on any atom is -0.381 e. The molecule has 3 aromatic heterocycles. The second kappa shape index (κ2) is 7.99. The van der Waals surface area contributed by atoms with Gasteiger partial charge in [0, 0.05) is 38.1 Å². The molecule has 0 aliphatic rings. The zero-order valence-electron chi connectivity index (χ0n) is 16.7. The Kier molecular flexibility index (Phi) is 5.23. The van der Waals surface area contributed by atoms with Crippen molar-refractivity contribution < 1.29 is 8.91 Å². The molecule has 0 unspecified atom stereocenters. The fourth-order valence-electron chi connectivity index (χ4n) is 3.26. The van der Waals surface area contributed by atoms with Crippen LogP contribution in [0.25, 0.3) is 22.0 Å². The number of aromatic nitrogens is 5. The third-order valence-electron chi connectivity index (χ3n) is 4.82. The van der Waals surface area contributed by atoms with Gasteiger partial charge in [-0.3, -0.25) is 5.41 Å². The molecule has 30 heavy (non-hydrogen) atoms. The number of hydrogen-bond acceptors (Lipinski definition) is 9. The van der Waals surface area contributed by atoms with Crippen molar-refractivity contribution >= 4 is 33.6 Å². The number of nitrogens with two attached hydrogens (primary N) is 1. The Morgan fingerprint density at radius 2 is 2.07 bits per heavy atom.